The van der Waals surface area contributed by atoms with Gasteiger partial charge in [0, 0.05) is 51.7 Å². The molecular formula is C26H27ClN2O2S. The highest BCUT2D eigenvalue weighted by atomic mass is 35.5. The maximum absolute atomic E-state index is 11.8. The van der Waals surface area contributed by atoms with Crippen molar-refractivity contribution in [3.8, 4) is 12.8 Å². The van der Waals surface area contributed by atoms with Crippen LogP contribution in [0.3, 0.4) is 0 Å². The van der Waals surface area contributed by atoms with Gasteiger partial charge in [-0.05, 0) is 25.5 Å². The van der Waals surface area contributed by atoms with Gasteiger partial charge in [0.15, 0.2) is 0 Å². The molecule has 0 aliphatic carbocycles. The highest BCUT2D eigenvalue weighted by Crippen LogP contribution is 2.39. The molecule has 0 saturated carbocycles. The first-order valence-electron chi connectivity index (χ1n) is 10.1. The number of carbonyl (C=O) groups is 1. The quantitative estimate of drug-likeness (QED) is 0.301. The van der Waals surface area contributed by atoms with Crippen molar-refractivity contribution in [2.24, 2.45) is 4.99 Å². The highest BCUT2D eigenvalue weighted by Gasteiger charge is 2.19. The second-order valence-corrected chi connectivity index (χ2v) is 8.31. The van der Waals surface area contributed by atoms with Crippen LogP contribution in [0, 0.1) is 12.8 Å². The average Bonchev–Trinajstić information content (AvgIpc) is 2.95. The fourth-order valence-corrected chi connectivity index (χ4v) is 4.33. The van der Waals surface area contributed by atoms with Crippen LogP contribution in [0.4, 0.5) is 0 Å². The Labute approximate surface area is 199 Å². The zero-order valence-electron chi connectivity index (χ0n) is 18.3. The lowest BCUT2D eigenvalue weighted by atomic mass is 10.0. The molecule has 0 saturated heterocycles. The van der Waals surface area contributed by atoms with Crippen LogP contribution in [0.1, 0.15) is 30.9 Å². The minimum absolute atomic E-state index is 0.00751. The van der Waals surface area contributed by atoms with Crippen molar-refractivity contribution in [2.75, 3.05) is 20.3 Å². The van der Waals surface area contributed by atoms with Gasteiger partial charge in [-0.25, -0.2) is 0 Å². The monoisotopic (exact) mass is 466 g/mol. The lowest BCUT2D eigenvalue weighted by Crippen LogP contribution is -2.26. The van der Waals surface area contributed by atoms with Crippen LogP contribution in [0.5, 0.6) is 0 Å². The highest BCUT2D eigenvalue weighted by molar-refractivity contribution is 8.03. The lowest BCUT2D eigenvalue weighted by Gasteiger charge is -2.10. The number of amides is 1. The van der Waals surface area contributed by atoms with Crippen LogP contribution in [0.2, 0.25) is 5.02 Å². The van der Waals surface area contributed by atoms with Crippen LogP contribution < -0.4 is 5.32 Å². The van der Waals surface area contributed by atoms with Crippen molar-refractivity contribution in [3.05, 3.63) is 87.4 Å². The Morgan fingerprint density at radius 1 is 1.12 bits per heavy atom. The molecule has 3 rings (SSSR count). The Bertz CT molecular complexity index is 1040. The van der Waals surface area contributed by atoms with Crippen molar-refractivity contribution in [3.63, 3.8) is 0 Å². The molecule has 0 fully saturated rings. The van der Waals surface area contributed by atoms with Crippen molar-refractivity contribution < 1.29 is 9.53 Å². The summed E-state index contributed by atoms with van der Waals surface area (Å²) >= 11 is 8.20. The van der Waals surface area contributed by atoms with Gasteiger partial charge in [0.1, 0.15) is 0 Å². The molecular weight excluding hydrogens is 440 g/mol. The zero-order chi connectivity index (χ0) is 23.3. The number of thioether (sulfide) groups is 1. The molecule has 0 unspecified atom stereocenters. The third-order valence-corrected chi connectivity index (χ3v) is 6.20. The van der Waals surface area contributed by atoms with Crippen molar-refractivity contribution >= 4 is 35.0 Å². The largest absolute Gasteiger partial charge is 0.383 e. The summed E-state index contributed by atoms with van der Waals surface area (Å²) in [7, 11) is 1.62. The summed E-state index contributed by atoms with van der Waals surface area (Å²) in [5.74, 6) is -0.00751. The number of hydrogen-bond acceptors (Lipinski definition) is 4. The number of carbonyl (C=O) groups excluding carboxylic acids is 1. The number of hydrogen-bond donors (Lipinski definition) is 1. The molecule has 1 aliphatic rings. The molecule has 1 aliphatic heterocycles. The van der Waals surface area contributed by atoms with Gasteiger partial charge >= 0.3 is 0 Å². The van der Waals surface area contributed by atoms with E-state index in [9.17, 15) is 4.79 Å². The molecule has 1 amide bonds. The number of rotatable bonds is 8. The predicted octanol–water partition coefficient (Wildman–Crippen LogP) is 5.86. The first kappa shape index (κ1) is 25.5. The summed E-state index contributed by atoms with van der Waals surface area (Å²) in [4.78, 5) is 19.1. The number of halogens is 1. The van der Waals surface area contributed by atoms with Crippen LogP contribution >= 0.6 is 23.4 Å². The number of allylic oxidation sites excluding steroid dienone is 3. The molecule has 0 spiro atoms. The molecule has 2 aromatic rings. The van der Waals surface area contributed by atoms with Crippen molar-refractivity contribution in [1.29, 1.82) is 0 Å². The Hall–Kier alpha value is -2.78. The van der Waals surface area contributed by atoms with Gasteiger partial charge in [0.25, 0.3) is 0 Å². The third kappa shape index (κ3) is 7.13. The minimum Gasteiger partial charge on any atom is -0.383 e. The van der Waals surface area contributed by atoms with Gasteiger partial charge in [0.2, 0.25) is 5.91 Å². The molecule has 0 bridgehead atoms. The molecule has 2 aromatic carbocycles. The third-order valence-electron chi connectivity index (χ3n) is 4.59. The standard InChI is InChI=1S/C24H25ClN2O2S.C2H2/c1-17-21(12-7-8-14-23(28)26-15-16-29-2)30-22-13-6-4-10-19(22)24(27-17)18-9-3-5-11-20(18)25;1-2/h3-11,13H,12,14-16H2,1-2H3,(H,26,28);1-2H/b8-7-;. The van der Waals surface area contributed by atoms with E-state index in [4.69, 9.17) is 21.3 Å². The molecule has 0 atom stereocenters. The first-order valence-corrected chi connectivity index (χ1v) is 11.3. The smallest absolute Gasteiger partial charge is 0.223 e. The van der Waals surface area contributed by atoms with Gasteiger partial charge in [-0.3, -0.25) is 9.79 Å². The molecule has 0 radical (unpaired) electrons. The Morgan fingerprint density at radius 3 is 2.53 bits per heavy atom. The molecule has 1 N–H and O–H groups in total. The SMILES string of the molecule is C#C.COCCNC(=O)C/C=C\CC1=C(C)N=C(c2ccccc2Cl)c2ccccc2S1. The van der Waals surface area contributed by atoms with E-state index in [0.29, 0.717) is 24.6 Å². The Kier molecular flexibility index (Phi) is 10.8. The number of ether oxygens (including phenoxy) is 1. The molecule has 6 heteroatoms. The van der Waals surface area contributed by atoms with Gasteiger partial charge in [-0.2, -0.15) is 0 Å². The number of aliphatic imine (C=N–C) groups is 1. The lowest BCUT2D eigenvalue weighted by molar-refractivity contribution is -0.120. The van der Waals surface area contributed by atoms with Crippen LogP contribution in [0.25, 0.3) is 0 Å². The number of nitrogens with one attached hydrogen (secondary N) is 1. The Morgan fingerprint density at radius 2 is 1.81 bits per heavy atom. The summed E-state index contributed by atoms with van der Waals surface area (Å²) in [6, 6.07) is 16.0. The summed E-state index contributed by atoms with van der Waals surface area (Å²) < 4.78 is 4.94. The number of benzene rings is 2. The van der Waals surface area contributed by atoms with E-state index in [1.807, 2.05) is 55.5 Å². The normalized spacial score (nSPS) is 13.0. The maximum atomic E-state index is 11.8. The zero-order valence-corrected chi connectivity index (χ0v) is 19.9. The predicted molar refractivity (Wildman–Crippen MR) is 135 cm³/mol. The summed E-state index contributed by atoms with van der Waals surface area (Å²) in [6.07, 6.45) is 13.0. The number of methoxy groups -OCH3 is 1. The van der Waals surface area contributed by atoms with E-state index in [1.54, 1.807) is 18.9 Å². The van der Waals surface area contributed by atoms with Crippen molar-refractivity contribution in [1.82, 2.24) is 5.32 Å². The second kappa shape index (κ2) is 13.6. The molecule has 32 heavy (non-hydrogen) atoms. The maximum Gasteiger partial charge on any atom is 0.223 e. The van der Waals surface area contributed by atoms with Gasteiger partial charge in [0.05, 0.1) is 12.3 Å². The molecule has 166 valence electrons. The number of nitrogens with zero attached hydrogens (tertiary/aromatic N) is 1. The van der Waals surface area contributed by atoms with Crippen LogP contribution in [-0.4, -0.2) is 31.9 Å². The van der Waals surface area contributed by atoms with Crippen molar-refractivity contribution in [2.45, 2.75) is 24.7 Å². The van der Waals surface area contributed by atoms with E-state index < -0.39 is 0 Å². The van der Waals surface area contributed by atoms with E-state index in [-0.39, 0.29) is 5.91 Å². The van der Waals surface area contributed by atoms with E-state index in [2.05, 4.69) is 30.3 Å². The van der Waals surface area contributed by atoms with Gasteiger partial charge in [-0.15, -0.1) is 12.8 Å². The minimum atomic E-state index is -0.00751. The topological polar surface area (TPSA) is 50.7 Å². The number of fused-ring (bicyclic) bond motifs is 1. The fraction of sp³-hybridized carbons (Fsp3) is 0.231. The van der Waals surface area contributed by atoms with Gasteiger partial charge < -0.3 is 10.1 Å². The van der Waals surface area contributed by atoms with E-state index >= 15 is 0 Å². The van der Waals surface area contributed by atoms with Crippen LogP contribution in [0.15, 0.2) is 81.2 Å². The first-order chi connectivity index (χ1) is 15.6. The summed E-state index contributed by atoms with van der Waals surface area (Å²) in [6.45, 7) is 3.07. The second-order valence-electron chi connectivity index (χ2n) is 6.77. The average molecular weight is 467 g/mol. The van der Waals surface area contributed by atoms with E-state index in [0.717, 1.165) is 38.8 Å². The molecule has 4 nitrogen and oxygen atoms in total. The summed E-state index contributed by atoms with van der Waals surface area (Å²) in [5.41, 5.74) is 3.85. The number of terminal acetylenes is 1. The van der Waals surface area contributed by atoms with Crippen LogP contribution in [-0.2, 0) is 9.53 Å². The molecule has 1 heterocycles. The summed E-state index contributed by atoms with van der Waals surface area (Å²) in [5, 5.41) is 3.50. The fourth-order valence-electron chi connectivity index (χ4n) is 3.04. The molecule has 0 aromatic heterocycles. The van der Waals surface area contributed by atoms with E-state index in [1.165, 1.54) is 0 Å². The van der Waals surface area contributed by atoms with Gasteiger partial charge in [-0.1, -0.05) is 71.9 Å². The Balaban J connectivity index is 0.00000176.